The number of halogens is 3. The smallest absolute Gasteiger partial charge is 0.406 e. The van der Waals surface area contributed by atoms with Gasteiger partial charge in [-0.15, -0.1) is 13.2 Å². The van der Waals surface area contributed by atoms with Crippen molar-refractivity contribution in [3.05, 3.63) is 66.6 Å². The highest BCUT2D eigenvalue weighted by Crippen LogP contribution is 2.24. The molecular formula is C15H13F3NO. The van der Waals surface area contributed by atoms with E-state index in [1.165, 1.54) is 18.2 Å². The summed E-state index contributed by atoms with van der Waals surface area (Å²) in [5.41, 5.74) is 2.36. The molecule has 0 bridgehead atoms. The Morgan fingerprint density at radius 2 is 1.80 bits per heavy atom. The topological polar surface area (TPSA) is 21.3 Å². The van der Waals surface area contributed by atoms with Gasteiger partial charge in [-0.05, 0) is 36.2 Å². The molecule has 0 heterocycles. The third-order valence-electron chi connectivity index (χ3n) is 2.63. The van der Waals surface area contributed by atoms with E-state index in [4.69, 9.17) is 0 Å². The van der Waals surface area contributed by atoms with Crippen molar-refractivity contribution in [1.29, 1.82) is 0 Å². The van der Waals surface area contributed by atoms with Crippen molar-refractivity contribution >= 4 is 5.69 Å². The molecule has 0 aliphatic heterocycles. The number of para-hydroxylation sites is 1. The SMILES string of the molecule is [CH2]c1ccccc1NCc1cccc(OC(F)(F)F)c1. The van der Waals surface area contributed by atoms with Crippen LogP contribution in [0.4, 0.5) is 18.9 Å². The Hall–Kier alpha value is -2.17. The number of alkyl halides is 3. The fourth-order valence-corrected chi connectivity index (χ4v) is 1.74. The Bertz CT molecular complexity index is 581. The van der Waals surface area contributed by atoms with Crippen molar-refractivity contribution in [2.24, 2.45) is 0 Å². The summed E-state index contributed by atoms with van der Waals surface area (Å²) in [6.07, 6.45) is -4.67. The summed E-state index contributed by atoms with van der Waals surface area (Å²) in [6.45, 7) is 4.25. The number of nitrogens with one attached hydrogen (secondary N) is 1. The van der Waals surface area contributed by atoms with Crippen LogP contribution in [0.5, 0.6) is 5.75 Å². The number of anilines is 1. The van der Waals surface area contributed by atoms with Gasteiger partial charge in [0.05, 0.1) is 0 Å². The molecule has 0 atom stereocenters. The molecule has 5 heteroatoms. The summed E-state index contributed by atoms with van der Waals surface area (Å²) in [4.78, 5) is 0. The normalized spacial score (nSPS) is 11.2. The Kier molecular flexibility index (Phi) is 4.17. The predicted molar refractivity (Wildman–Crippen MR) is 71.4 cm³/mol. The average Bonchev–Trinajstić information content (AvgIpc) is 2.36. The number of ether oxygens (including phenoxy) is 1. The van der Waals surface area contributed by atoms with Gasteiger partial charge in [-0.3, -0.25) is 0 Å². The first kappa shape index (κ1) is 14.2. The van der Waals surface area contributed by atoms with Gasteiger partial charge >= 0.3 is 6.36 Å². The lowest BCUT2D eigenvalue weighted by atomic mass is 10.1. The van der Waals surface area contributed by atoms with Gasteiger partial charge in [0.15, 0.2) is 0 Å². The maximum atomic E-state index is 12.1. The maximum absolute atomic E-state index is 12.1. The molecule has 1 N–H and O–H groups in total. The van der Waals surface area contributed by atoms with E-state index in [1.54, 1.807) is 6.07 Å². The minimum atomic E-state index is -4.67. The van der Waals surface area contributed by atoms with E-state index in [2.05, 4.69) is 17.0 Å². The number of rotatable bonds is 4. The molecule has 0 spiro atoms. The molecule has 0 aliphatic rings. The average molecular weight is 280 g/mol. The van der Waals surface area contributed by atoms with Gasteiger partial charge in [0.25, 0.3) is 0 Å². The molecular weight excluding hydrogens is 267 g/mol. The highest BCUT2D eigenvalue weighted by molar-refractivity contribution is 5.52. The second-order valence-electron chi connectivity index (χ2n) is 4.21. The van der Waals surface area contributed by atoms with Crippen LogP contribution in [-0.2, 0) is 6.54 Å². The van der Waals surface area contributed by atoms with E-state index in [-0.39, 0.29) is 5.75 Å². The monoisotopic (exact) mass is 280 g/mol. The maximum Gasteiger partial charge on any atom is 0.573 e. The molecule has 2 rings (SSSR count). The summed E-state index contributed by atoms with van der Waals surface area (Å²) in [5, 5.41) is 3.12. The van der Waals surface area contributed by atoms with Crippen molar-refractivity contribution in [3.8, 4) is 5.75 Å². The van der Waals surface area contributed by atoms with Crippen LogP contribution in [0, 0.1) is 6.92 Å². The van der Waals surface area contributed by atoms with Gasteiger partial charge in [0, 0.05) is 12.2 Å². The van der Waals surface area contributed by atoms with Crippen molar-refractivity contribution < 1.29 is 17.9 Å². The molecule has 0 fully saturated rings. The second kappa shape index (κ2) is 5.86. The van der Waals surface area contributed by atoms with Crippen LogP contribution < -0.4 is 10.1 Å². The van der Waals surface area contributed by atoms with Crippen LogP contribution in [0.2, 0.25) is 0 Å². The van der Waals surface area contributed by atoms with E-state index in [9.17, 15) is 13.2 Å². The molecule has 0 amide bonds. The minimum Gasteiger partial charge on any atom is -0.406 e. The van der Waals surface area contributed by atoms with Gasteiger partial charge in [0.1, 0.15) is 5.75 Å². The molecule has 20 heavy (non-hydrogen) atoms. The molecule has 1 radical (unpaired) electrons. The summed E-state index contributed by atoms with van der Waals surface area (Å²) in [5.74, 6) is -0.222. The fourth-order valence-electron chi connectivity index (χ4n) is 1.74. The lowest BCUT2D eigenvalue weighted by Crippen LogP contribution is -2.17. The largest absolute Gasteiger partial charge is 0.573 e. The quantitative estimate of drug-likeness (QED) is 0.897. The third-order valence-corrected chi connectivity index (χ3v) is 2.63. The van der Waals surface area contributed by atoms with E-state index in [0.717, 1.165) is 11.3 Å². The van der Waals surface area contributed by atoms with Crippen LogP contribution in [0.3, 0.4) is 0 Å². The Morgan fingerprint density at radius 1 is 1.05 bits per heavy atom. The van der Waals surface area contributed by atoms with Crippen molar-refractivity contribution in [1.82, 2.24) is 0 Å². The molecule has 0 saturated carbocycles. The second-order valence-corrected chi connectivity index (χ2v) is 4.21. The first-order chi connectivity index (χ1) is 9.44. The predicted octanol–water partition coefficient (Wildman–Crippen LogP) is 4.38. The van der Waals surface area contributed by atoms with Gasteiger partial charge < -0.3 is 10.1 Å². The molecule has 2 nitrogen and oxygen atoms in total. The molecule has 2 aromatic carbocycles. The molecule has 2 aromatic rings. The van der Waals surface area contributed by atoms with E-state index >= 15 is 0 Å². The molecule has 0 unspecified atom stereocenters. The van der Waals surface area contributed by atoms with Crippen molar-refractivity contribution in [2.75, 3.05) is 5.32 Å². The van der Waals surface area contributed by atoms with Crippen LogP contribution >= 0.6 is 0 Å². The number of hydrogen-bond acceptors (Lipinski definition) is 2. The highest BCUT2D eigenvalue weighted by atomic mass is 19.4. The zero-order chi connectivity index (χ0) is 14.6. The standard InChI is InChI=1S/C15H13F3NO/c1-11-5-2-3-8-14(11)19-10-12-6-4-7-13(9-12)20-15(16,17)18/h2-9,19H,1,10H2. The van der Waals surface area contributed by atoms with E-state index in [1.807, 2.05) is 24.3 Å². The van der Waals surface area contributed by atoms with Gasteiger partial charge in [-0.1, -0.05) is 30.3 Å². The van der Waals surface area contributed by atoms with Crippen LogP contribution in [0.25, 0.3) is 0 Å². The fraction of sp³-hybridized carbons (Fsp3) is 0.133. The molecule has 0 saturated heterocycles. The number of benzene rings is 2. The lowest BCUT2D eigenvalue weighted by Gasteiger charge is -2.12. The van der Waals surface area contributed by atoms with Crippen LogP contribution in [0.1, 0.15) is 11.1 Å². The highest BCUT2D eigenvalue weighted by Gasteiger charge is 2.31. The lowest BCUT2D eigenvalue weighted by molar-refractivity contribution is -0.274. The van der Waals surface area contributed by atoms with Gasteiger partial charge in [-0.25, -0.2) is 0 Å². The summed E-state index contributed by atoms with van der Waals surface area (Å²) in [7, 11) is 0. The number of hydrogen-bond donors (Lipinski definition) is 1. The molecule has 105 valence electrons. The Balaban J connectivity index is 2.03. The van der Waals surface area contributed by atoms with Gasteiger partial charge in [-0.2, -0.15) is 0 Å². The molecule has 0 aromatic heterocycles. The first-order valence-electron chi connectivity index (χ1n) is 5.93. The van der Waals surface area contributed by atoms with Crippen molar-refractivity contribution in [3.63, 3.8) is 0 Å². The van der Waals surface area contributed by atoms with E-state index < -0.39 is 6.36 Å². The van der Waals surface area contributed by atoms with Gasteiger partial charge in [0.2, 0.25) is 0 Å². The third kappa shape index (κ3) is 4.19. The van der Waals surface area contributed by atoms with Crippen LogP contribution in [-0.4, -0.2) is 6.36 Å². The summed E-state index contributed by atoms with van der Waals surface area (Å²) in [6, 6.07) is 13.3. The first-order valence-corrected chi connectivity index (χ1v) is 5.93. The van der Waals surface area contributed by atoms with E-state index in [0.29, 0.717) is 12.1 Å². The Morgan fingerprint density at radius 3 is 2.50 bits per heavy atom. The zero-order valence-corrected chi connectivity index (χ0v) is 10.6. The molecule has 0 aliphatic carbocycles. The summed E-state index contributed by atoms with van der Waals surface area (Å²) < 4.78 is 40.3. The zero-order valence-electron chi connectivity index (χ0n) is 10.6. The van der Waals surface area contributed by atoms with Crippen LogP contribution in [0.15, 0.2) is 48.5 Å². The summed E-state index contributed by atoms with van der Waals surface area (Å²) >= 11 is 0. The Labute approximate surface area is 115 Å². The minimum absolute atomic E-state index is 0.222. The van der Waals surface area contributed by atoms with Crippen molar-refractivity contribution in [2.45, 2.75) is 12.9 Å².